The van der Waals surface area contributed by atoms with E-state index in [0.29, 0.717) is 29.8 Å². The minimum Gasteiger partial charge on any atom is -0.330 e. The molecular weight excluding hydrogens is 310 g/mol. The molecule has 0 amide bonds. The van der Waals surface area contributed by atoms with E-state index >= 15 is 0 Å². The lowest BCUT2D eigenvalue weighted by atomic mass is 10.0. The van der Waals surface area contributed by atoms with Crippen molar-refractivity contribution in [2.75, 3.05) is 13.1 Å². The van der Waals surface area contributed by atoms with Gasteiger partial charge < -0.3 is 5.73 Å². The third-order valence-corrected chi connectivity index (χ3v) is 6.60. The lowest BCUT2D eigenvalue weighted by molar-refractivity contribution is 0.243. The van der Waals surface area contributed by atoms with Gasteiger partial charge in [0, 0.05) is 24.2 Å². The molecule has 0 radical (unpaired) electrons. The number of benzene rings is 1. The predicted molar refractivity (Wildman–Crippen MR) is 91.7 cm³/mol. The Hall–Kier alpha value is -1.50. The molecule has 2 heterocycles. The Morgan fingerprint density at radius 1 is 1.30 bits per heavy atom. The first-order valence-electron chi connectivity index (χ1n) is 8.12. The average molecular weight is 333 g/mol. The van der Waals surface area contributed by atoms with E-state index in [1.54, 1.807) is 22.6 Å². The Bertz CT molecular complexity index is 803. The van der Waals surface area contributed by atoms with Crippen molar-refractivity contribution in [2.24, 2.45) is 5.73 Å². The van der Waals surface area contributed by atoms with Gasteiger partial charge in [0.05, 0.1) is 10.4 Å². The van der Waals surface area contributed by atoms with E-state index in [9.17, 15) is 8.42 Å². The molecule has 6 heteroatoms. The Kier molecular flexibility index (Phi) is 4.66. The molecule has 0 bridgehead atoms. The second-order valence-corrected chi connectivity index (χ2v) is 7.98. The fourth-order valence-corrected chi connectivity index (χ4v) is 5.32. The number of hydrogen-bond acceptors (Lipinski definition) is 4. The summed E-state index contributed by atoms with van der Waals surface area (Å²) in [4.78, 5) is 4.71. The number of hydrogen-bond donors (Lipinski definition) is 1. The van der Waals surface area contributed by atoms with Gasteiger partial charge in [-0.15, -0.1) is 0 Å². The number of aryl methyl sites for hydroxylation is 1. The van der Waals surface area contributed by atoms with Gasteiger partial charge in [0.2, 0.25) is 10.0 Å². The topological polar surface area (TPSA) is 76.3 Å². The van der Waals surface area contributed by atoms with Gasteiger partial charge in [0.25, 0.3) is 0 Å². The zero-order chi connectivity index (χ0) is 16.4. The van der Waals surface area contributed by atoms with Crippen molar-refractivity contribution in [3.05, 3.63) is 36.0 Å². The molecule has 2 N–H and O–H groups in total. The minimum absolute atomic E-state index is 0.00627. The van der Waals surface area contributed by atoms with Gasteiger partial charge in [-0.3, -0.25) is 4.98 Å². The third kappa shape index (κ3) is 2.98. The molecule has 0 aliphatic carbocycles. The van der Waals surface area contributed by atoms with Gasteiger partial charge >= 0.3 is 0 Å². The largest absolute Gasteiger partial charge is 0.330 e. The van der Waals surface area contributed by atoms with E-state index in [-0.39, 0.29) is 6.04 Å². The van der Waals surface area contributed by atoms with E-state index in [1.165, 1.54) is 0 Å². The van der Waals surface area contributed by atoms with E-state index in [1.807, 2.05) is 19.1 Å². The van der Waals surface area contributed by atoms with Crippen LogP contribution in [0, 0.1) is 6.92 Å². The van der Waals surface area contributed by atoms with E-state index in [2.05, 4.69) is 4.98 Å². The van der Waals surface area contributed by atoms with Crippen LogP contribution in [-0.4, -0.2) is 36.8 Å². The third-order valence-electron chi connectivity index (χ3n) is 4.59. The molecule has 1 fully saturated rings. The first-order valence-corrected chi connectivity index (χ1v) is 9.56. The van der Waals surface area contributed by atoms with Crippen LogP contribution in [0.2, 0.25) is 0 Å². The molecule has 124 valence electrons. The Balaban J connectivity index is 2.11. The maximum absolute atomic E-state index is 13.3. The molecule has 5 nitrogen and oxygen atoms in total. The van der Waals surface area contributed by atoms with E-state index in [0.717, 1.165) is 30.3 Å². The summed E-state index contributed by atoms with van der Waals surface area (Å²) in [6, 6.07) is 7.18. The SMILES string of the molecule is Cc1ccc(S(=O)(=O)N2CCCCC2CCN)c2cccnc12. The van der Waals surface area contributed by atoms with Crippen molar-refractivity contribution in [3.63, 3.8) is 0 Å². The maximum Gasteiger partial charge on any atom is 0.243 e. The molecular formula is C17H23N3O2S. The highest BCUT2D eigenvalue weighted by Crippen LogP contribution is 2.31. The normalized spacial score (nSPS) is 20.0. The van der Waals surface area contributed by atoms with Crippen molar-refractivity contribution in [1.82, 2.24) is 9.29 Å². The Labute approximate surface area is 137 Å². The van der Waals surface area contributed by atoms with Crippen molar-refractivity contribution in [2.45, 2.75) is 43.5 Å². The van der Waals surface area contributed by atoms with Crippen LogP contribution in [0.3, 0.4) is 0 Å². The minimum atomic E-state index is -3.54. The molecule has 1 aromatic carbocycles. The maximum atomic E-state index is 13.3. The summed E-state index contributed by atoms with van der Waals surface area (Å²) < 4.78 is 28.2. The van der Waals surface area contributed by atoms with Crippen LogP contribution in [0.15, 0.2) is 35.4 Å². The van der Waals surface area contributed by atoms with E-state index in [4.69, 9.17) is 5.73 Å². The highest BCUT2D eigenvalue weighted by Gasteiger charge is 2.34. The van der Waals surface area contributed by atoms with Crippen LogP contribution in [0.4, 0.5) is 0 Å². The van der Waals surface area contributed by atoms with Crippen LogP contribution in [0.1, 0.15) is 31.2 Å². The average Bonchev–Trinajstić information content (AvgIpc) is 2.56. The first-order chi connectivity index (χ1) is 11.1. The molecule has 1 aliphatic heterocycles. The van der Waals surface area contributed by atoms with Crippen molar-refractivity contribution < 1.29 is 8.42 Å². The summed E-state index contributed by atoms with van der Waals surface area (Å²) in [5, 5.41) is 0.699. The van der Waals surface area contributed by atoms with Gasteiger partial charge in [0.15, 0.2) is 0 Å². The number of pyridine rings is 1. The van der Waals surface area contributed by atoms with Crippen molar-refractivity contribution >= 4 is 20.9 Å². The molecule has 0 spiro atoms. The van der Waals surface area contributed by atoms with Gasteiger partial charge in [0.1, 0.15) is 0 Å². The van der Waals surface area contributed by atoms with E-state index < -0.39 is 10.0 Å². The number of rotatable bonds is 4. The quantitative estimate of drug-likeness (QED) is 0.932. The second-order valence-electron chi connectivity index (χ2n) is 6.12. The number of piperidine rings is 1. The van der Waals surface area contributed by atoms with Gasteiger partial charge in [-0.25, -0.2) is 8.42 Å². The van der Waals surface area contributed by atoms with Gasteiger partial charge in [-0.2, -0.15) is 4.31 Å². The molecule has 1 saturated heterocycles. The molecule has 1 aromatic heterocycles. The summed E-state index contributed by atoms with van der Waals surface area (Å²) in [6.45, 7) is 3.03. The Morgan fingerprint density at radius 2 is 2.13 bits per heavy atom. The van der Waals surface area contributed by atoms with Crippen LogP contribution >= 0.6 is 0 Å². The number of sulfonamides is 1. The molecule has 23 heavy (non-hydrogen) atoms. The summed E-state index contributed by atoms with van der Waals surface area (Å²) in [7, 11) is -3.54. The smallest absolute Gasteiger partial charge is 0.243 e. The second kappa shape index (κ2) is 6.55. The summed E-state index contributed by atoms with van der Waals surface area (Å²) >= 11 is 0. The van der Waals surface area contributed by atoms with Crippen LogP contribution < -0.4 is 5.73 Å². The highest BCUT2D eigenvalue weighted by atomic mass is 32.2. The fraction of sp³-hybridized carbons (Fsp3) is 0.471. The van der Waals surface area contributed by atoms with Gasteiger partial charge in [-0.1, -0.05) is 12.5 Å². The number of nitrogens with zero attached hydrogens (tertiary/aromatic N) is 2. The Morgan fingerprint density at radius 3 is 2.91 bits per heavy atom. The molecule has 1 unspecified atom stereocenters. The van der Waals surface area contributed by atoms with Crippen molar-refractivity contribution in [3.8, 4) is 0 Å². The molecule has 2 aromatic rings. The number of fused-ring (bicyclic) bond motifs is 1. The van der Waals surface area contributed by atoms with Crippen molar-refractivity contribution in [1.29, 1.82) is 0 Å². The summed E-state index contributed by atoms with van der Waals surface area (Å²) in [6.07, 6.45) is 5.26. The number of nitrogens with two attached hydrogens (primary N) is 1. The van der Waals surface area contributed by atoms with Crippen LogP contribution in [0.25, 0.3) is 10.9 Å². The molecule has 0 saturated carbocycles. The lowest BCUT2D eigenvalue weighted by Crippen LogP contribution is -2.44. The van der Waals surface area contributed by atoms with Crippen LogP contribution in [0.5, 0.6) is 0 Å². The molecule has 3 rings (SSSR count). The predicted octanol–water partition coefficient (Wildman–Crippen LogP) is 2.44. The molecule has 1 atom stereocenters. The number of aromatic nitrogens is 1. The lowest BCUT2D eigenvalue weighted by Gasteiger charge is -2.34. The fourth-order valence-electron chi connectivity index (χ4n) is 3.41. The summed E-state index contributed by atoms with van der Waals surface area (Å²) in [5.74, 6) is 0. The summed E-state index contributed by atoms with van der Waals surface area (Å²) in [5.41, 5.74) is 7.42. The first kappa shape index (κ1) is 16.4. The zero-order valence-corrected chi connectivity index (χ0v) is 14.2. The highest BCUT2D eigenvalue weighted by molar-refractivity contribution is 7.89. The van der Waals surface area contributed by atoms with Crippen LogP contribution in [-0.2, 0) is 10.0 Å². The monoisotopic (exact) mass is 333 g/mol. The molecule has 1 aliphatic rings. The standard InChI is InChI=1S/C17H23N3O2S/c1-13-7-8-16(15-6-4-11-19-17(13)15)23(21,22)20-12-3-2-5-14(20)9-10-18/h4,6-8,11,14H,2-3,5,9-10,12,18H2,1H3. The zero-order valence-electron chi connectivity index (χ0n) is 13.4. The van der Waals surface area contributed by atoms with Gasteiger partial charge in [-0.05, 0) is 56.5 Å².